The molecule has 2 N–H and O–H groups in total. The number of methoxy groups -OCH3 is 1. The first-order valence-corrected chi connectivity index (χ1v) is 5.37. The highest BCUT2D eigenvalue weighted by molar-refractivity contribution is 5.97. The van der Waals surface area contributed by atoms with Gasteiger partial charge in [-0.05, 0) is 26.8 Å². The lowest BCUT2D eigenvalue weighted by atomic mass is 9.98. The van der Waals surface area contributed by atoms with Gasteiger partial charge in [-0.3, -0.25) is 9.78 Å². The van der Waals surface area contributed by atoms with E-state index < -0.39 is 11.6 Å². The maximum atomic E-state index is 12.0. The molecule has 1 atom stereocenters. The molecule has 0 spiro atoms. The van der Waals surface area contributed by atoms with Crippen LogP contribution in [0.25, 0.3) is 0 Å². The quantitative estimate of drug-likeness (QED) is 0.820. The summed E-state index contributed by atoms with van der Waals surface area (Å²) in [4.78, 5) is 15.9. The Labute approximate surface area is 101 Å². The van der Waals surface area contributed by atoms with Gasteiger partial charge in [0.15, 0.2) is 0 Å². The first-order chi connectivity index (χ1) is 7.88. The monoisotopic (exact) mass is 238 g/mol. The summed E-state index contributed by atoms with van der Waals surface area (Å²) in [5, 5.41) is 12.3. The van der Waals surface area contributed by atoms with Crippen LogP contribution in [0.15, 0.2) is 18.5 Å². The zero-order valence-corrected chi connectivity index (χ0v) is 10.5. The Balaban J connectivity index is 2.91. The van der Waals surface area contributed by atoms with Gasteiger partial charge in [0.25, 0.3) is 5.91 Å². The second kappa shape index (κ2) is 5.14. The van der Waals surface area contributed by atoms with E-state index in [1.165, 1.54) is 19.5 Å². The van der Waals surface area contributed by atoms with Crippen LogP contribution in [-0.2, 0) is 0 Å². The molecule has 0 saturated carbocycles. The smallest absolute Gasteiger partial charge is 0.255 e. The predicted octanol–water partition coefficient (Wildman–Crippen LogP) is 0.979. The van der Waals surface area contributed by atoms with Crippen LogP contribution in [0.5, 0.6) is 5.75 Å². The van der Waals surface area contributed by atoms with Crippen LogP contribution >= 0.6 is 0 Å². The van der Waals surface area contributed by atoms with Crippen molar-refractivity contribution >= 4 is 5.91 Å². The molecule has 94 valence electrons. The van der Waals surface area contributed by atoms with Gasteiger partial charge in [-0.15, -0.1) is 0 Å². The topological polar surface area (TPSA) is 71.5 Å². The second-order valence-electron chi connectivity index (χ2n) is 4.43. The molecule has 1 unspecified atom stereocenters. The number of ether oxygens (including phenoxy) is 1. The van der Waals surface area contributed by atoms with E-state index in [0.29, 0.717) is 11.3 Å². The molecular weight excluding hydrogens is 220 g/mol. The molecule has 0 aromatic carbocycles. The van der Waals surface area contributed by atoms with Crippen LogP contribution in [-0.4, -0.2) is 34.8 Å². The third kappa shape index (κ3) is 3.17. The van der Waals surface area contributed by atoms with Crippen molar-refractivity contribution in [2.24, 2.45) is 0 Å². The molecule has 0 aliphatic carbocycles. The van der Waals surface area contributed by atoms with Gasteiger partial charge in [-0.2, -0.15) is 0 Å². The van der Waals surface area contributed by atoms with Crippen LogP contribution < -0.4 is 10.1 Å². The minimum atomic E-state index is -0.703. The first kappa shape index (κ1) is 13.4. The second-order valence-corrected chi connectivity index (χ2v) is 4.43. The molecule has 0 fully saturated rings. The highest BCUT2D eigenvalue weighted by Gasteiger charge is 2.27. The molecule has 1 heterocycles. The number of nitrogens with zero attached hydrogens (tertiary/aromatic N) is 1. The van der Waals surface area contributed by atoms with E-state index in [-0.39, 0.29) is 5.91 Å². The lowest BCUT2D eigenvalue weighted by Gasteiger charge is -2.29. The summed E-state index contributed by atoms with van der Waals surface area (Å²) in [6.45, 7) is 5.14. The molecule has 0 aliphatic heterocycles. The Morgan fingerprint density at radius 3 is 2.76 bits per heavy atom. The highest BCUT2D eigenvalue weighted by Crippen LogP contribution is 2.17. The summed E-state index contributed by atoms with van der Waals surface area (Å²) < 4.78 is 5.06. The Morgan fingerprint density at radius 1 is 1.59 bits per heavy atom. The van der Waals surface area contributed by atoms with E-state index in [2.05, 4.69) is 10.3 Å². The number of aliphatic hydroxyl groups is 1. The standard InChI is InChI=1S/C12H18N2O3/c1-8(15)12(2,3)14-11(16)9-5-6-13-7-10(9)17-4/h5-8,15H,1-4H3,(H,14,16). The van der Waals surface area contributed by atoms with Crippen LogP contribution in [0.3, 0.4) is 0 Å². The van der Waals surface area contributed by atoms with Gasteiger partial charge in [0.05, 0.1) is 30.5 Å². The lowest BCUT2D eigenvalue weighted by Crippen LogP contribution is -2.51. The van der Waals surface area contributed by atoms with Gasteiger partial charge >= 0.3 is 0 Å². The minimum Gasteiger partial charge on any atom is -0.494 e. The van der Waals surface area contributed by atoms with Crippen LogP contribution in [0.2, 0.25) is 0 Å². The van der Waals surface area contributed by atoms with E-state index in [1.807, 2.05) is 0 Å². The van der Waals surface area contributed by atoms with Crippen LogP contribution in [0.4, 0.5) is 0 Å². The van der Waals surface area contributed by atoms with Crippen molar-refractivity contribution in [3.05, 3.63) is 24.0 Å². The molecule has 5 nitrogen and oxygen atoms in total. The van der Waals surface area contributed by atoms with E-state index in [9.17, 15) is 9.90 Å². The number of carbonyl (C=O) groups is 1. The van der Waals surface area contributed by atoms with Crippen molar-refractivity contribution in [3.8, 4) is 5.75 Å². The predicted molar refractivity (Wildman–Crippen MR) is 64.0 cm³/mol. The Bertz CT molecular complexity index is 402. The zero-order valence-electron chi connectivity index (χ0n) is 10.5. The number of amides is 1. The number of hydrogen-bond acceptors (Lipinski definition) is 4. The first-order valence-electron chi connectivity index (χ1n) is 5.37. The number of aliphatic hydroxyl groups excluding tert-OH is 1. The highest BCUT2D eigenvalue weighted by atomic mass is 16.5. The average molecular weight is 238 g/mol. The SMILES string of the molecule is COc1cnccc1C(=O)NC(C)(C)C(C)O. The molecule has 0 bridgehead atoms. The summed E-state index contributed by atoms with van der Waals surface area (Å²) in [7, 11) is 1.48. The van der Waals surface area contributed by atoms with Crippen LogP contribution in [0, 0.1) is 0 Å². The largest absolute Gasteiger partial charge is 0.494 e. The number of pyridine rings is 1. The summed E-state index contributed by atoms with van der Waals surface area (Å²) in [5.74, 6) is 0.113. The third-order valence-corrected chi connectivity index (χ3v) is 2.73. The van der Waals surface area contributed by atoms with Gasteiger partial charge in [-0.25, -0.2) is 0 Å². The molecule has 0 aliphatic rings. The van der Waals surface area contributed by atoms with E-state index in [0.717, 1.165) is 0 Å². The maximum absolute atomic E-state index is 12.0. The van der Waals surface area contributed by atoms with E-state index >= 15 is 0 Å². The normalized spacial score (nSPS) is 13.0. The van der Waals surface area contributed by atoms with Crippen molar-refractivity contribution in [3.63, 3.8) is 0 Å². The van der Waals surface area contributed by atoms with Gasteiger partial charge < -0.3 is 15.2 Å². The fourth-order valence-electron chi connectivity index (χ4n) is 1.19. The lowest BCUT2D eigenvalue weighted by molar-refractivity contribution is 0.0707. The fraction of sp³-hybridized carbons (Fsp3) is 0.500. The van der Waals surface area contributed by atoms with Gasteiger partial charge in [-0.1, -0.05) is 0 Å². The number of aromatic nitrogens is 1. The van der Waals surface area contributed by atoms with Crippen molar-refractivity contribution in [1.82, 2.24) is 10.3 Å². The third-order valence-electron chi connectivity index (χ3n) is 2.73. The zero-order chi connectivity index (χ0) is 13.1. The van der Waals surface area contributed by atoms with Crippen molar-refractivity contribution < 1.29 is 14.6 Å². The number of carbonyl (C=O) groups excluding carboxylic acids is 1. The van der Waals surface area contributed by atoms with Gasteiger partial charge in [0, 0.05) is 6.20 Å². The molecule has 1 amide bonds. The Hall–Kier alpha value is -1.62. The van der Waals surface area contributed by atoms with Crippen molar-refractivity contribution in [2.75, 3.05) is 7.11 Å². The van der Waals surface area contributed by atoms with Crippen molar-refractivity contribution in [1.29, 1.82) is 0 Å². The van der Waals surface area contributed by atoms with Gasteiger partial charge in [0.1, 0.15) is 5.75 Å². The molecule has 0 saturated heterocycles. The Kier molecular flexibility index (Phi) is 4.07. The molecule has 1 rings (SSSR count). The molecular formula is C12H18N2O3. The fourth-order valence-corrected chi connectivity index (χ4v) is 1.19. The minimum absolute atomic E-state index is 0.296. The number of rotatable bonds is 4. The number of hydrogen-bond donors (Lipinski definition) is 2. The van der Waals surface area contributed by atoms with Gasteiger partial charge in [0.2, 0.25) is 0 Å². The molecule has 5 heteroatoms. The maximum Gasteiger partial charge on any atom is 0.255 e. The van der Waals surface area contributed by atoms with Crippen LogP contribution in [0.1, 0.15) is 31.1 Å². The molecule has 1 aromatic rings. The summed E-state index contributed by atoms with van der Waals surface area (Å²) in [5.41, 5.74) is -0.304. The summed E-state index contributed by atoms with van der Waals surface area (Å²) in [6.07, 6.45) is 2.34. The van der Waals surface area contributed by atoms with E-state index in [4.69, 9.17) is 4.74 Å². The summed E-state index contributed by atoms with van der Waals surface area (Å²) in [6, 6.07) is 1.58. The van der Waals surface area contributed by atoms with E-state index in [1.54, 1.807) is 26.8 Å². The molecule has 17 heavy (non-hydrogen) atoms. The molecule has 1 aromatic heterocycles. The average Bonchev–Trinajstić information content (AvgIpc) is 2.28. The molecule has 0 radical (unpaired) electrons. The Morgan fingerprint density at radius 2 is 2.24 bits per heavy atom. The number of nitrogens with one attached hydrogen (secondary N) is 1. The van der Waals surface area contributed by atoms with Crippen molar-refractivity contribution in [2.45, 2.75) is 32.4 Å². The summed E-state index contributed by atoms with van der Waals surface area (Å²) >= 11 is 0.